The summed E-state index contributed by atoms with van der Waals surface area (Å²) < 4.78 is 26.5. The van der Waals surface area contributed by atoms with Crippen LogP contribution in [0.1, 0.15) is 18.5 Å². The fourth-order valence-electron chi connectivity index (χ4n) is 2.64. The maximum atomic E-state index is 12.5. The quantitative estimate of drug-likeness (QED) is 0.781. The molecule has 0 atom stereocenters. The lowest BCUT2D eigenvalue weighted by Crippen LogP contribution is -2.29. The predicted octanol–water partition coefficient (Wildman–Crippen LogP) is 2.35. The van der Waals surface area contributed by atoms with E-state index in [9.17, 15) is 8.42 Å². The molecule has 0 unspecified atom stereocenters. The molecule has 1 aromatic carbocycles. The number of nitrogens with zero attached hydrogens (tertiary/aromatic N) is 2. The van der Waals surface area contributed by atoms with Crippen molar-refractivity contribution in [2.24, 2.45) is 0 Å². The maximum absolute atomic E-state index is 12.5. The van der Waals surface area contributed by atoms with Gasteiger partial charge in [0.05, 0.1) is 17.1 Å². The van der Waals surface area contributed by atoms with Crippen LogP contribution >= 0.6 is 12.2 Å². The van der Waals surface area contributed by atoms with E-state index in [0.29, 0.717) is 29.6 Å². The molecule has 3 rings (SSSR count). The normalized spacial score (nSPS) is 15.0. The number of thiocarbonyl (C=S) groups is 1. The zero-order valence-corrected chi connectivity index (χ0v) is 15.3. The molecule has 0 bridgehead atoms. The second-order valence-corrected chi connectivity index (χ2v) is 8.11. The Morgan fingerprint density at radius 1 is 1.12 bits per heavy atom. The highest BCUT2D eigenvalue weighted by Crippen LogP contribution is 2.22. The Balaban J connectivity index is 1.58. The van der Waals surface area contributed by atoms with Gasteiger partial charge in [0.15, 0.2) is 5.11 Å². The van der Waals surface area contributed by atoms with E-state index in [1.807, 2.05) is 18.2 Å². The molecule has 0 spiro atoms. The Kier molecular flexibility index (Phi) is 5.62. The second kappa shape index (κ2) is 7.90. The highest BCUT2D eigenvalue weighted by molar-refractivity contribution is 7.89. The standard InChI is InChI=1S/C17H20N4O2S2/c22-25(23,21-11-3-4-12-21)16-8-6-14(7-9-16)20-17(24)19-13-15-5-1-2-10-18-15/h1-2,5-10H,3-4,11-13H2,(H2,19,20,24). The van der Waals surface area contributed by atoms with Crippen LogP contribution in [0.4, 0.5) is 5.69 Å². The van der Waals surface area contributed by atoms with Crippen LogP contribution in [0.3, 0.4) is 0 Å². The van der Waals surface area contributed by atoms with Crippen molar-refractivity contribution in [1.82, 2.24) is 14.6 Å². The molecule has 0 radical (unpaired) electrons. The number of rotatable bonds is 5. The monoisotopic (exact) mass is 376 g/mol. The highest BCUT2D eigenvalue weighted by atomic mass is 32.2. The van der Waals surface area contributed by atoms with Gasteiger partial charge in [-0.3, -0.25) is 4.98 Å². The number of nitrogens with one attached hydrogen (secondary N) is 2. The lowest BCUT2D eigenvalue weighted by Gasteiger charge is -2.16. The minimum Gasteiger partial charge on any atom is -0.357 e. The van der Waals surface area contributed by atoms with E-state index in [-0.39, 0.29) is 0 Å². The Bertz CT molecular complexity index is 817. The Morgan fingerprint density at radius 2 is 1.84 bits per heavy atom. The largest absolute Gasteiger partial charge is 0.357 e. The van der Waals surface area contributed by atoms with Gasteiger partial charge in [0.2, 0.25) is 10.0 Å². The van der Waals surface area contributed by atoms with Crippen LogP contribution in [-0.4, -0.2) is 35.9 Å². The minimum absolute atomic E-state index is 0.312. The second-order valence-electron chi connectivity index (χ2n) is 5.76. The van der Waals surface area contributed by atoms with E-state index < -0.39 is 10.0 Å². The summed E-state index contributed by atoms with van der Waals surface area (Å²) in [4.78, 5) is 4.53. The first-order valence-corrected chi connectivity index (χ1v) is 9.95. The van der Waals surface area contributed by atoms with Crippen LogP contribution in [0.2, 0.25) is 0 Å². The van der Waals surface area contributed by atoms with Gasteiger partial charge in [-0.25, -0.2) is 8.42 Å². The minimum atomic E-state index is -3.38. The summed E-state index contributed by atoms with van der Waals surface area (Å²) in [6.45, 7) is 1.72. The summed E-state index contributed by atoms with van der Waals surface area (Å²) >= 11 is 5.25. The molecule has 1 aromatic heterocycles. The number of benzene rings is 1. The summed E-state index contributed by atoms with van der Waals surface area (Å²) in [7, 11) is -3.38. The average Bonchev–Trinajstić information content (AvgIpc) is 3.17. The van der Waals surface area contributed by atoms with Crippen molar-refractivity contribution in [2.75, 3.05) is 18.4 Å². The van der Waals surface area contributed by atoms with Gasteiger partial charge in [-0.2, -0.15) is 4.31 Å². The molecule has 1 aliphatic rings. The van der Waals surface area contributed by atoms with Crippen LogP contribution in [0, 0.1) is 0 Å². The van der Waals surface area contributed by atoms with Gasteiger partial charge in [0.25, 0.3) is 0 Å². The number of hydrogen-bond donors (Lipinski definition) is 2. The van der Waals surface area contributed by atoms with Gasteiger partial charge < -0.3 is 10.6 Å². The first-order chi connectivity index (χ1) is 12.1. The van der Waals surface area contributed by atoms with Crippen molar-refractivity contribution in [3.8, 4) is 0 Å². The summed E-state index contributed by atoms with van der Waals surface area (Å²) in [5.74, 6) is 0. The lowest BCUT2D eigenvalue weighted by atomic mass is 10.3. The molecule has 2 N–H and O–H groups in total. The van der Waals surface area contributed by atoms with Crippen molar-refractivity contribution in [3.63, 3.8) is 0 Å². The topological polar surface area (TPSA) is 74.3 Å². The third kappa shape index (κ3) is 4.53. The zero-order chi connectivity index (χ0) is 17.7. The Hall–Kier alpha value is -2.03. The number of hydrogen-bond acceptors (Lipinski definition) is 4. The third-order valence-corrected chi connectivity index (χ3v) is 6.13. The molecule has 8 heteroatoms. The number of pyridine rings is 1. The van der Waals surface area contributed by atoms with Crippen LogP contribution in [-0.2, 0) is 16.6 Å². The molecule has 25 heavy (non-hydrogen) atoms. The van der Waals surface area contributed by atoms with Gasteiger partial charge >= 0.3 is 0 Å². The van der Waals surface area contributed by atoms with Gasteiger partial charge in [-0.15, -0.1) is 0 Å². The fraction of sp³-hybridized carbons (Fsp3) is 0.294. The van der Waals surface area contributed by atoms with Gasteiger partial charge in [0, 0.05) is 25.0 Å². The lowest BCUT2D eigenvalue weighted by molar-refractivity contribution is 0.477. The fourth-order valence-corrected chi connectivity index (χ4v) is 4.34. The first-order valence-electron chi connectivity index (χ1n) is 8.11. The summed E-state index contributed by atoms with van der Waals surface area (Å²) in [5, 5.41) is 6.57. The molecule has 2 heterocycles. The van der Waals surface area contributed by atoms with Crippen LogP contribution in [0.25, 0.3) is 0 Å². The van der Waals surface area contributed by atoms with E-state index in [1.54, 1.807) is 30.5 Å². The molecule has 1 aliphatic heterocycles. The summed E-state index contributed by atoms with van der Waals surface area (Å²) in [6.07, 6.45) is 3.58. The molecule has 1 fully saturated rings. The number of anilines is 1. The van der Waals surface area contributed by atoms with E-state index in [2.05, 4.69) is 15.6 Å². The van der Waals surface area contributed by atoms with Crippen molar-refractivity contribution in [3.05, 3.63) is 54.4 Å². The SMILES string of the molecule is O=S(=O)(c1ccc(NC(=S)NCc2ccccn2)cc1)N1CCCC1. The molecule has 132 valence electrons. The summed E-state index contributed by atoms with van der Waals surface area (Å²) in [5.41, 5.74) is 1.62. The molecule has 0 saturated carbocycles. The van der Waals surface area contributed by atoms with Crippen molar-refractivity contribution in [2.45, 2.75) is 24.3 Å². The predicted molar refractivity (Wildman–Crippen MR) is 102 cm³/mol. The van der Waals surface area contributed by atoms with Gasteiger partial charge in [-0.1, -0.05) is 6.07 Å². The molecule has 2 aromatic rings. The molecule has 1 saturated heterocycles. The van der Waals surface area contributed by atoms with Gasteiger partial charge in [0.1, 0.15) is 0 Å². The maximum Gasteiger partial charge on any atom is 0.243 e. The van der Waals surface area contributed by atoms with Crippen molar-refractivity contribution >= 4 is 33.0 Å². The smallest absolute Gasteiger partial charge is 0.243 e. The van der Waals surface area contributed by atoms with Crippen LogP contribution in [0.15, 0.2) is 53.6 Å². The van der Waals surface area contributed by atoms with Crippen molar-refractivity contribution < 1.29 is 8.42 Å². The van der Waals surface area contributed by atoms with Crippen LogP contribution in [0.5, 0.6) is 0 Å². The number of aromatic nitrogens is 1. The average molecular weight is 377 g/mol. The van der Waals surface area contributed by atoms with E-state index in [1.165, 1.54) is 4.31 Å². The van der Waals surface area contributed by atoms with E-state index in [0.717, 1.165) is 24.2 Å². The Labute approximate surface area is 153 Å². The van der Waals surface area contributed by atoms with Gasteiger partial charge in [-0.05, 0) is 61.5 Å². The molecule has 0 aliphatic carbocycles. The first kappa shape index (κ1) is 17.8. The Morgan fingerprint density at radius 3 is 2.48 bits per heavy atom. The summed E-state index contributed by atoms with van der Waals surface area (Å²) in [6, 6.07) is 12.3. The third-order valence-electron chi connectivity index (χ3n) is 3.97. The molecule has 0 amide bonds. The molecular weight excluding hydrogens is 356 g/mol. The van der Waals surface area contributed by atoms with E-state index in [4.69, 9.17) is 12.2 Å². The highest BCUT2D eigenvalue weighted by Gasteiger charge is 2.26. The zero-order valence-electron chi connectivity index (χ0n) is 13.7. The van der Waals surface area contributed by atoms with Crippen LogP contribution < -0.4 is 10.6 Å². The van der Waals surface area contributed by atoms with E-state index >= 15 is 0 Å². The van der Waals surface area contributed by atoms with Crippen molar-refractivity contribution in [1.29, 1.82) is 0 Å². The molecular formula is C17H20N4O2S2. The molecule has 6 nitrogen and oxygen atoms in total. The number of sulfonamides is 1.